The largest absolute Gasteiger partial charge is 0.385 e. The van der Waals surface area contributed by atoms with Crippen molar-refractivity contribution in [3.63, 3.8) is 0 Å². The highest BCUT2D eigenvalue weighted by atomic mass is 16.6. The predicted octanol–water partition coefficient (Wildman–Crippen LogP) is 3.95. The Labute approximate surface area is 118 Å². The first kappa shape index (κ1) is 14.1. The van der Waals surface area contributed by atoms with Gasteiger partial charge in [-0.2, -0.15) is 0 Å². The van der Waals surface area contributed by atoms with Crippen LogP contribution >= 0.6 is 0 Å². The maximum atomic E-state index is 10.7. The molecule has 1 N–H and O–H groups in total. The van der Waals surface area contributed by atoms with Gasteiger partial charge >= 0.3 is 0 Å². The second-order valence-electron chi connectivity index (χ2n) is 4.77. The van der Waals surface area contributed by atoms with Crippen LogP contribution in [0.3, 0.4) is 0 Å². The number of nitrogens with zero attached hydrogens (tertiary/aromatic N) is 1. The molecule has 20 heavy (non-hydrogen) atoms. The normalized spacial score (nSPS) is 10.2. The number of anilines is 1. The molecule has 0 aliphatic heterocycles. The molecule has 2 rings (SSSR count). The average Bonchev–Trinajstić information content (AvgIpc) is 2.46. The van der Waals surface area contributed by atoms with E-state index in [1.807, 2.05) is 25.1 Å². The van der Waals surface area contributed by atoms with E-state index in [4.69, 9.17) is 0 Å². The van der Waals surface area contributed by atoms with E-state index >= 15 is 0 Å². The predicted molar refractivity (Wildman–Crippen MR) is 81.1 cm³/mol. The summed E-state index contributed by atoms with van der Waals surface area (Å²) in [7, 11) is 0. The molecule has 0 radical (unpaired) electrons. The summed E-state index contributed by atoms with van der Waals surface area (Å²) in [4.78, 5) is 10.3. The molecule has 0 aliphatic rings. The first-order valence-corrected chi connectivity index (χ1v) is 6.69. The SMILES string of the molecule is Cc1cc([N+](=O)[O-])ccc1NCCCc1ccccc1. The number of nitrogens with one attached hydrogen (secondary N) is 1. The number of hydrogen-bond acceptors (Lipinski definition) is 3. The number of nitro benzene ring substituents is 1. The van der Waals surface area contributed by atoms with E-state index in [1.165, 1.54) is 11.6 Å². The van der Waals surface area contributed by atoms with Crippen LogP contribution in [0.25, 0.3) is 0 Å². The molecule has 0 heterocycles. The van der Waals surface area contributed by atoms with Crippen LogP contribution in [0, 0.1) is 17.0 Å². The van der Waals surface area contributed by atoms with E-state index < -0.39 is 0 Å². The highest BCUT2D eigenvalue weighted by Crippen LogP contribution is 2.21. The van der Waals surface area contributed by atoms with Crippen LogP contribution in [0.5, 0.6) is 0 Å². The molecular formula is C16H18N2O2. The van der Waals surface area contributed by atoms with Gasteiger partial charge in [-0.15, -0.1) is 0 Å². The van der Waals surface area contributed by atoms with Crippen molar-refractivity contribution in [3.05, 3.63) is 69.8 Å². The van der Waals surface area contributed by atoms with E-state index in [-0.39, 0.29) is 10.6 Å². The van der Waals surface area contributed by atoms with Gasteiger partial charge in [0, 0.05) is 24.4 Å². The van der Waals surface area contributed by atoms with Gasteiger partial charge in [-0.1, -0.05) is 30.3 Å². The fourth-order valence-corrected chi connectivity index (χ4v) is 2.12. The molecule has 0 saturated carbocycles. The van der Waals surface area contributed by atoms with Gasteiger partial charge in [0.2, 0.25) is 0 Å². The van der Waals surface area contributed by atoms with Crippen LogP contribution in [-0.4, -0.2) is 11.5 Å². The molecule has 4 heteroatoms. The Bertz CT molecular complexity index is 582. The van der Waals surface area contributed by atoms with Crippen LogP contribution in [-0.2, 0) is 6.42 Å². The summed E-state index contributed by atoms with van der Waals surface area (Å²) in [6.07, 6.45) is 2.06. The molecule has 0 saturated heterocycles. The Kier molecular flexibility index (Phi) is 4.71. The quantitative estimate of drug-likeness (QED) is 0.491. The van der Waals surface area contributed by atoms with E-state index in [9.17, 15) is 10.1 Å². The van der Waals surface area contributed by atoms with Crippen molar-refractivity contribution in [2.45, 2.75) is 19.8 Å². The lowest BCUT2D eigenvalue weighted by molar-refractivity contribution is -0.384. The molecule has 0 amide bonds. The zero-order valence-electron chi connectivity index (χ0n) is 11.5. The zero-order chi connectivity index (χ0) is 14.4. The van der Waals surface area contributed by atoms with Crippen LogP contribution < -0.4 is 5.32 Å². The second kappa shape index (κ2) is 6.70. The van der Waals surface area contributed by atoms with E-state index in [0.29, 0.717) is 0 Å². The monoisotopic (exact) mass is 270 g/mol. The highest BCUT2D eigenvalue weighted by molar-refractivity contribution is 5.55. The van der Waals surface area contributed by atoms with Crippen molar-refractivity contribution >= 4 is 11.4 Å². The van der Waals surface area contributed by atoms with Gasteiger partial charge in [-0.25, -0.2) is 0 Å². The summed E-state index contributed by atoms with van der Waals surface area (Å²) in [5, 5.41) is 14.0. The standard InChI is InChI=1S/C16H18N2O2/c1-13-12-15(18(19)20)9-10-16(13)17-11-5-8-14-6-3-2-4-7-14/h2-4,6-7,9-10,12,17H,5,8,11H2,1H3. The molecule has 2 aromatic carbocycles. The lowest BCUT2D eigenvalue weighted by atomic mass is 10.1. The number of aryl methyl sites for hydroxylation is 2. The molecular weight excluding hydrogens is 252 g/mol. The Morgan fingerprint density at radius 2 is 1.90 bits per heavy atom. The van der Waals surface area contributed by atoms with Crippen LogP contribution in [0.2, 0.25) is 0 Å². The summed E-state index contributed by atoms with van der Waals surface area (Å²) in [6, 6.07) is 15.3. The third kappa shape index (κ3) is 3.82. The first-order valence-electron chi connectivity index (χ1n) is 6.69. The molecule has 0 bridgehead atoms. The summed E-state index contributed by atoms with van der Waals surface area (Å²) in [6.45, 7) is 2.74. The minimum absolute atomic E-state index is 0.136. The minimum atomic E-state index is -0.369. The van der Waals surface area contributed by atoms with E-state index in [0.717, 1.165) is 30.6 Å². The molecule has 104 valence electrons. The molecule has 4 nitrogen and oxygen atoms in total. The van der Waals surface area contributed by atoms with Crippen molar-refractivity contribution in [1.29, 1.82) is 0 Å². The molecule has 0 spiro atoms. The Hall–Kier alpha value is -2.36. The Morgan fingerprint density at radius 1 is 1.15 bits per heavy atom. The highest BCUT2D eigenvalue weighted by Gasteiger charge is 2.07. The smallest absolute Gasteiger partial charge is 0.269 e. The third-order valence-electron chi connectivity index (χ3n) is 3.22. The average molecular weight is 270 g/mol. The van der Waals surface area contributed by atoms with Crippen molar-refractivity contribution in [2.24, 2.45) is 0 Å². The van der Waals surface area contributed by atoms with Gasteiger partial charge in [0.15, 0.2) is 0 Å². The number of rotatable bonds is 6. The van der Waals surface area contributed by atoms with Crippen molar-refractivity contribution < 1.29 is 4.92 Å². The van der Waals surface area contributed by atoms with Crippen molar-refractivity contribution in [1.82, 2.24) is 0 Å². The molecule has 0 atom stereocenters. The van der Waals surface area contributed by atoms with E-state index in [2.05, 4.69) is 17.4 Å². The number of nitro groups is 1. The van der Waals surface area contributed by atoms with Gasteiger partial charge in [0.05, 0.1) is 4.92 Å². The molecule has 0 aliphatic carbocycles. The van der Waals surface area contributed by atoms with Crippen molar-refractivity contribution in [3.8, 4) is 0 Å². The summed E-state index contributed by atoms with van der Waals surface area (Å²) < 4.78 is 0. The second-order valence-corrected chi connectivity index (χ2v) is 4.77. The van der Waals surface area contributed by atoms with Crippen LogP contribution in [0.4, 0.5) is 11.4 Å². The molecule has 0 unspecified atom stereocenters. The van der Waals surface area contributed by atoms with Gasteiger partial charge in [0.25, 0.3) is 5.69 Å². The zero-order valence-corrected chi connectivity index (χ0v) is 11.5. The molecule has 2 aromatic rings. The number of benzene rings is 2. The Balaban J connectivity index is 1.84. The lowest BCUT2D eigenvalue weighted by Crippen LogP contribution is -2.04. The minimum Gasteiger partial charge on any atom is -0.385 e. The maximum absolute atomic E-state index is 10.7. The number of non-ortho nitro benzene ring substituents is 1. The molecule has 0 fully saturated rings. The topological polar surface area (TPSA) is 55.2 Å². The lowest BCUT2D eigenvalue weighted by Gasteiger charge is -2.09. The summed E-state index contributed by atoms with van der Waals surface area (Å²) in [5.74, 6) is 0. The maximum Gasteiger partial charge on any atom is 0.269 e. The first-order chi connectivity index (χ1) is 9.66. The van der Waals surface area contributed by atoms with Crippen LogP contribution in [0.1, 0.15) is 17.5 Å². The van der Waals surface area contributed by atoms with Gasteiger partial charge in [-0.05, 0) is 37.0 Å². The molecule has 0 aromatic heterocycles. The third-order valence-corrected chi connectivity index (χ3v) is 3.22. The van der Waals surface area contributed by atoms with Gasteiger partial charge in [0.1, 0.15) is 0 Å². The fraction of sp³-hybridized carbons (Fsp3) is 0.250. The summed E-state index contributed by atoms with van der Waals surface area (Å²) in [5.41, 5.74) is 3.33. The van der Waals surface area contributed by atoms with Gasteiger partial charge in [-0.3, -0.25) is 10.1 Å². The van der Waals surface area contributed by atoms with Gasteiger partial charge < -0.3 is 5.32 Å². The Morgan fingerprint density at radius 3 is 2.55 bits per heavy atom. The van der Waals surface area contributed by atoms with E-state index in [1.54, 1.807) is 12.1 Å². The number of hydrogen-bond donors (Lipinski definition) is 1. The van der Waals surface area contributed by atoms with Crippen molar-refractivity contribution in [2.75, 3.05) is 11.9 Å². The van der Waals surface area contributed by atoms with Crippen LogP contribution in [0.15, 0.2) is 48.5 Å². The summed E-state index contributed by atoms with van der Waals surface area (Å²) >= 11 is 0. The fourth-order valence-electron chi connectivity index (χ4n) is 2.12.